The third-order valence-electron chi connectivity index (χ3n) is 4.46. The quantitative estimate of drug-likeness (QED) is 0.448. The summed E-state index contributed by atoms with van der Waals surface area (Å²) in [4.78, 5) is 12.6. The molecule has 0 heterocycles. The Bertz CT molecular complexity index is 943. The molecule has 3 aromatic carbocycles. The van der Waals surface area contributed by atoms with E-state index in [0.717, 1.165) is 12.2 Å². The number of carbonyl (C=O) groups excluding carboxylic acids is 1. The zero-order valence-electron chi connectivity index (χ0n) is 17.3. The van der Waals surface area contributed by atoms with Gasteiger partial charge in [-0.05, 0) is 55.8 Å². The van der Waals surface area contributed by atoms with Crippen LogP contribution in [-0.2, 0) is 0 Å². The Kier molecular flexibility index (Phi) is 7.72. The van der Waals surface area contributed by atoms with Gasteiger partial charge in [-0.1, -0.05) is 37.3 Å². The molecule has 0 aliphatic carbocycles. The fourth-order valence-electron chi connectivity index (χ4n) is 2.73. The lowest BCUT2D eigenvalue weighted by molar-refractivity contribution is 0.102. The van der Waals surface area contributed by atoms with E-state index in [1.54, 1.807) is 18.2 Å². The molecule has 0 saturated carbocycles. The molecule has 1 atom stereocenters. The zero-order chi connectivity index (χ0) is 21.2. The molecule has 30 heavy (non-hydrogen) atoms. The summed E-state index contributed by atoms with van der Waals surface area (Å²) in [5, 5.41) is 2.90. The predicted octanol–water partition coefficient (Wildman–Crippen LogP) is 5.57. The van der Waals surface area contributed by atoms with Crippen molar-refractivity contribution in [3.63, 3.8) is 0 Å². The topological polar surface area (TPSA) is 56.8 Å². The van der Waals surface area contributed by atoms with E-state index in [1.807, 2.05) is 67.6 Å². The molecule has 1 unspecified atom stereocenters. The molecule has 0 aliphatic rings. The number of carbonyl (C=O) groups is 1. The van der Waals surface area contributed by atoms with Crippen LogP contribution in [-0.4, -0.2) is 25.2 Å². The van der Waals surface area contributed by atoms with Gasteiger partial charge in [0.25, 0.3) is 5.91 Å². The minimum absolute atomic E-state index is 0.100. The van der Waals surface area contributed by atoms with E-state index in [1.165, 1.54) is 0 Å². The van der Waals surface area contributed by atoms with E-state index < -0.39 is 0 Å². The first-order valence-corrected chi connectivity index (χ1v) is 10.1. The first-order valence-electron chi connectivity index (χ1n) is 10.1. The average Bonchev–Trinajstić information content (AvgIpc) is 2.78. The lowest BCUT2D eigenvalue weighted by Crippen LogP contribution is -2.14. The Balaban J connectivity index is 1.53. The van der Waals surface area contributed by atoms with E-state index in [2.05, 4.69) is 12.2 Å². The maximum Gasteiger partial charge on any atom is 0.255 e. The first-order chi connectivity index (χ1) is 14.6. The number of rotatable bonds is 10. The standard InChI is InChI=1S/C25H27NO4/c1-3-19(2)30-24-14-7-9-20(17-24)25(27)26-21-10-8-13-23(18-21)29-16-15-28-22-11-5-4-6-12-22/h4-14,17-19H,3,15-16H2,1-2H3,(H,26,27). The van der Waals surface area contributed by atoms with Crippen LogP contribution in [0.1, 0.15) is 30.6 Å². The Labute approximate surface area is 177 Å². The van der Waals surface area contributed by atoms with Gasteiger partial charge in [0, 0.05) is 17.3 Å². The lowest BCUT2D eigenvalue weighted by Gasteiger charge is -2.13. The smallest absolute Gasteiger partial charge is 0.255 e. The highest BCUT2D eigenvalue weighted by molar-refractivity contribution is 6.04. The molecule has 0 saturated heterocycles. The number of para-hydroxylation sites is 1. The summed E-state index contributed by atoms with van der Waals surface area (Å²) in [6.07, 6.45) is 1.00. The molecule has 3 aromatic rings. The van der Waals surface area contributed by atoms with Gasteiger partial charge < -0.3 is 19.5 Å². The largest absolute Gasteiger partial charge is 0.491 e. The van der Waals surface area contributed by atoms with E-state index in [4.69, 9.17) is 14.2 Å². The highest BCUT2D eigenvalue weighted by Gasteiger charge is 2.09. The summed E-state index contributed by atoms with van der Waals surface area (Å²) >= 11 is 0. The SMILES string of the molecule is CCC(C)Oc1cccc(C(=O)Nc2cccc(OCCOc3ccccc3)c2)c1. The van der Waals surface area contributed by atoms with Crippen LogP contribution in [0.2, 0.25) is 0 Å². The van der Waals surface area contributed by atoms with E-state index in [0.29, 0.717) is 36.0 Å². The number of benzene rings is 3. The second-order valence-corrected chi connectivity index (χ2v) is 6.86. The van der Waals surface area contributed by atoms with Crippen molar-refractivity contribution in [2.45, 2.75) is 26.4 Å². The summed E-state index contributed by atoms with van der Waals surface area (Å²) < 4.78 is 17.2. The molecule has 156 valence electrons. The molecule has 3 rings (SSSR count). The van der Waals surface area contributed by atoms with Crippen LogP contribution >= 0.6 is 0 Å². The first kappa shape index (κ1) is 21.2. The summed E-state index contributed by atoms with van der Waals surface area (Å²) in [6, 6.07) is 24.1. The molecule has 1 amide bonds. The Morgan fingerprint density at radius 3 is 2.27 bits per heavy atom. The number of hydrogen-bond donors (Lipinski definition) is 1. The van der Waals surface area contributed by atoms with Crippen LogP contribution in [0, 0.1) is 0 Å². The Morgan fingerprint density at radius 2 is 1.50 bits per heavy atom. The van der Waals surface area contributed by atoms with E-state index in [9.17, 15) is 4.79 Å². The van der Waals surface area contributed by atoms with Gasteiger partial charge >= 0.3 is 0 Å². The molecule has 0 aromatic heterocycles. The number of hydrogen-bond acceptors (Lipinski definition) is 4. The van der Waals surface area contributed by atoms with Crippen molar-refractivity contribution in [2.75, 3.05) is 18.5 Å². The normalized spacial score (nSPS) is 11.4. The summed E-state index contributed by atoms with van der Waals surface area (Å²) in [5.74, 6) is 1.96. The van der Waals surface area contributed by atoms with Gasteiger partial charge in [0.2, 0.25) is 0 Å². The van der Waals surface area contributed by atoms with Crippen molar-refractivity contribution >= 4 is 11.6 Å². The Hall–Kier alpha value is -3.47. The number of amides is 1. The third-order valence-corrected chi connectivity index (χ3v) is 4.46. The number of ether oxygens (including phenoxy) is 3. The minimum Gasteiger partial charge on any atom is -0.491 e. The van der Waals surface area contributed by atoms with Crippen LogP contribution in [0.3, 0.4) is 0 Å². The van der Waals surface area contributed by atoms with Crippen molar-refractivity contribution in [2.24, 2.45) is 0 Å². The minimum atomic E-state index is -0.200. The van der Waals surface area contributed by atoms with Crippen molar-refractivity contribution < 1.29 is 19.0 Å². The third kappa shape index (κ3) is 6.55. The average molecular weight is 405 g/mol. The van der Waals surface area contributed by atoms with Crippen molar-refractivity contribution in [1.29, 1.82) is 0 Å². The van der Waals surface area contributed by atoms with Crippen molar-refractivity contribution in [3.8, 4) is 17.2 Å². The molecule has 5 heteroatoms. The maximum atomic E-state index is 12.6. The van der Waals surface area contributed by atoms with Gasteiger partial charge in [-0.15, -0.1) is 0 Å². The number of nitrogens with one attached hydrogen (secondary N) is 1. The lowest BCUT2D eigenvalue weighted by atomic mass is 10.2. The van der Waals surface area contributed by atoms with Gasteiger partial charge in [0.05, 0.1) is 6.10 Å². The highest BCUT2D eigenvalue weighted by atomic mass is 16.5. The van der Waals surface area contributed by atoms with Gasteiger partial charge in [0.15, 0.2) is 0 Å². The van der Waals surface area contributed by atoms with Crippen LogP contribution < -0.4 is 19.5 Å². The molecule has 0 bridgehead atoms. The predicted molar refractivity (Wildman–Crippen MR) is 119 cm³/mol. The highest BCUT2D eigenvalue weighted by Crippen LogP contribution is 2.20. The van der Waals surface area contributed by atoms with Crippen LogP contribution in [0.4, 0.5) is 5.69 Å². The summed E-state index contributed by atoms with van der Waals surface area (Å²) in [7, 11) is 0. The van der Waals surface area contributed by atoms with Crippen LogP contribution in [0.15, 0.2) is 78.9 Å². The fourth-order valence-corrected chi connectivity index (χ4v) is 2.73. The summed E-state index contributed by atoms with van der Waals surface area (Å²) in [5.41, 5.74) is 1.20. The van der Waals surface area contributed by atoms with Crippen molar-refractivity contribution in [1.82, 2.24) is 0 Å². The van der Waals surface area contributed by atoms with Crippen LogP contribution in [0.25, 0.3) is 0 Å². The molecule has 0 radical (unpaired) electrons. The maximum absolute atomic E-state index is 12.6. The second-order valence-electron chi connectivity index (χ2n) is 6.86. The van der Waals surface area contributed by atoms with Gasteiger partial charge in [-0.3, -0.25) is 4.79 Å². The van der Waals surface area contributed by atoms with Crippen molar-refractivity contribution in [3.05, 3.63) is 84.4 Å². The number of anilines is 1. The molecular weight excluding hydrogens is 378 g/mol. The van der Waals surface area contributed by atoms with E-state index in [-0.39, 0.29) is 12.0 Å². The molecule has 5 nitrogen and oxygen atoms in total. The van der Waals surface area contributed by atoms with Gasteiger partial charge in [0.1, 0.15) is 30.5 Å². The molecule has 0 aliphatic heterocycles. The zero-order valence-corrected chi connectivity index (χ0v) is 17.3. The monoisotopic (exact) mass is 405 g/mol. The molecule has 1 N–H and O–H groups in total. The Morgan fingerprint density at radius 1 is 0.833 bits per heavy atom. The molecule has 0 fully saturated rings. The van der Waals surface area contributed by atoms with Gasteiger partial charge in [-0.2, -0.15) is 0 Å². The second kappa shape index (κ2) is 10.9. The van der Waals surface area contributed by atoms with E-state index >= 15 is 0 Å². The molecule has 0 spiro atoms. The summed E-state index contributed by atoms with van der Waals surface area (Å²) in [6.45, 7) is 4.90. The van der Waals surface area contributed by atoms with Gasteiger partial charge in [-0.25, -0.2) is 0 Å². The van der Waals surface area contributed by atoms with Crippen LogP contribution in [0.5, 0.6) is 17.2 Å². The molecular formula is C25H27NO4. The fraction of sp³-hybridized carbons (Fsp3) is 0.240.